The van der Waals surface area contributed by atoms with E-state index >= 15 is 0 Å². The lowest BCUT2D eigenvalue weighted by Crippen LogP contribution is -2.38. The van der Waals surface area contributed by atoms with E-state index in [9.17, 15) is 4.79 Å². The highest BCUT2D eigenvalue weighted by atomic mass is 16.5. The van der Waals surface area contributed by atoms with Crippen molar-refractivity contribution in [3.05, 3.63) is 29.8 Å². The summed E-state index contributed by atoms with van der Waals surface area (Å²) in [5, 5.41) is 0. The van der Waals surface area contributed by atoms with Gasteiger partial charge in [-0.25, -0.2) is 0 Å². The van der Waals surface area contributed by atoms with Gasteiger partial charge in [0.15, 0.2) is 0 Å². The lowest BCUT2D eigenvalue weighted by molar-refractivity contribution is -0.146. The Hall–Kier alpha value is -1.59. The summed E-state index contributed by atoms with van der Waals surface area (Å²) < 4.78 is 15.8. The van der Waals surface area contributed by atoms with Crippen LogP contribution in [-0.2, 0) is 14.3 Å². The number of carbonyl (C=O) groups is 1. The predicted octanol–water partition coefficient (Wildman–Crippen LogP) is 3.44. The van der Waals surface area contributed by atoms with Gasteiger partial charge in [-0.2, -0.15) is 0 Å². The van der Waals surface area contributed by atoms with E-state index in [4.69, 9.17) is 14.2 Å². The van der Waals surface area contributed by atoms with Crippen molar-refractivity contribution >= 4 is 5.97 Å². The summed E-state index contributed by atoms with van der Waals surface area (Å²) in [5.41, 5.74) is 1.25. The zero-order chi connectivity index (χ0) is 18.1. The maximum absolute atomic E-state index is 12.0. The fourth-order valence-corrected chi connectivity index (χ4v) is 3.55. The third-order valence-corrected chi connectivity index (χ3v) is 4.90. The molecule has 25 heavy (non-hydrogen) atoms. The van der Waals surface area contributed by atoms with Crippen molar-refractivity contribution in [1.82, 2.24) is 4.90 Å². The van der Waals surface area contributed by atoms with Crippen molar-refractivity contribution in [2.45, 2.75) is 38.1 Å². The van der Waals surface area contributed by atoms with E-state index in [1.165, 1.54) is 5.56 Å². The van der Waals surface area contributed by atoms with Gasteiger partial charge in [0.25, 0.3) is 0 Å². The lowest BCUT2D eigenvalue weighted by Gasteiger charge is -2.39. The van der Waals surface area contributed by atoms with Crippen LogP contribution in [0.2, 0.25) is 0 Å². The van der Waals surface area contributed by atoms with E-state index in [2.05, 4.69) is 24.1 Å². The largest absolute Gasteiger partial charge is 0.497 e. The quantitative estimate of drug-likeness (QED) is 0.505. The SMILES string of the molecule is COCCCCC(=O)OC[C@@H]1CCCN(C)[C@H]1c1ccc(OC)cc1. The number of carbonyl (C=O) groups excluding carboxylic acids is 1. The topological polar surface area (TPSA) is 48.0 Å². The van der Waals surface area contributed by atoms with Gasteiger partial charge in [0.2, 0.25) is 0 Å². The van der Waals surface area contributed by atoms with E-state index in [1.54, 1.807) is 14.2 Å². The molecule has 2 rings (SSSR count). The van der Waals surface area contributed by atoms with Crippen LogP contribution in [0.5, 0.6) is 5.75 Å². The Bertz CT molecular complexity index is 517. The van der Waals surface area contributed by atoms with E-state index < -0.39 is 0 Å². The molecule has 1 heterocycles. The third kappa shape index (κ3) is 6.01. The van der Waals surface area contributed by atoms with Crippen molar-refractivity contribution in [3.8, 4) is 5.75 Å². The number of hydrogen-bond acceptors (Lipinski definition) is 5. The zero-order valence-corrected chi connectivity index (χ0v) is 15.7. The maximum Gasteiger partial charge on any atom is 0.305 e. The fourth-order valence-electron chi connectivity index (χ4n) is 3.55. The van der Waals surface area contributed by atoms with Gasteiger partial charge in [0.05, 0.1) is 13.7 Å². The molecule has 5 nitrogen and oxygen atoms in total. The smallest absolute Gasteiger partial charge is 0.305 e. The Morgan fingerprint density at radius 2 is 1.96 bits per heavy atom. The highest BCUT2D eigenvalue weighted by molar-refractivity contribution is 5.69. The molecule has 5 heteroatoms. The van der Waals surface area contributed by atoms with Crippen molar-refractivity contribution in [1.29, 1.82) is 0 Å². The number of rotatable bonds is 9. The molecule has 1 saturated heterocycles. The molecule has 1 fully saturated rings. The Morgan fingerprint density at radius 3 is 2.64 bits per heavy atom. The molecule has 0 aromatic heterocycles. The Balaban J connectivity index is 1.91. The number of ether oxygens (including phenoxy) is 3. The average Bonchev–Trinajstić information content (AvgIpc) is 2.64. The number of hydrogen-bond donors (Lipinski definition) is 0. The number of nitrogens with zero attached hydrogens (tertiary/aromatic N) is 1. The Kier molecular flexibility index (Phi) is 8.22. The first-order valence-electron chi connectivity index (χ1n) is 9.14. The molecule has 140 valence electrons. The molecule has 0 radical (unpaired) electrons. The number of benzene rings is 1. The normalized spacial score (nSPS) is 21.1. The minimum Gasteiger partial charge on any atom is -0.497 e. The van der Waals surface area contributed by atoms with Crippen LogP contribution in [0.25, 0.3) is 0 Å². The second-order valence-electron chi connectivity index (χ2n) is 6.73. The van der Waals surface area contributed by atoms with Crippen molar-refractivity contribution in [2.24, 2.45) is 5.92 Å². The first-order chi connectivity index (χ1) is 12.2. The van der Waals surface area contributed by atoms with Crippen LogP contribution in [0.4, 0.5) is 0 Å². The molecule has 1 aromatic carbocycles. The monoisotopic (exact) mass is 349 g/mol. The standard InChI is InChI=1S/C20H31NO4/c1-21-13-6-7-17(15-25-19(22)8-4-5-14-23-2)20(21)16-9-11-18(24-3)12-10-16/h9-12,17,20H,4-8,13-15H2,1-3H3/t17-,20-/m0/s1. The van der Waals surface area contributed by atoms with Crippen molar-refractivity contribution in [2.75, 3.05) is 41.0 Å². The summed E-state index contributed by atoms with van der Waals surface area (Å²) >= 11 is 0. The Morgan fingerprint density at radius 1 is 1.20 bits per heavy atom. The zero-order valence-electron chi connectivity index (χ0n) is 15.7. The molecule has 0 aliphatic carbocycles. The third-order valence-electron chi connectivity index (χ3n) is 4.90. The molecule has 1 aliphatic rings. The van der Waals surface area contributed by atoms with Gasteiger partial charge in [0.1, 0.15) is 5.75 Å². The summed E-state index contributed by atoms with van der Waals surface area (Å²) in [5.74, 6) is 1.09. The number of unbranched alkanes of at least 4 members (excludes halogenated alkanes) is 1. The minimum absolute atomic E-state index is 0.0992. The van der Waals surface area contributed by atoms with Crippen LogP contribution in [0.15, 0.2) is 24.3 Å². The van der Waals surface area contributed by atoms with Gasteiger partial charge in [-0.15, -0.1) is 0 Å². The van der Waals surface area contributed by atoms with Crippen LogP contribution in [-0.4, -0.2) is 51.9 Å². The summed E-state index contributed by atoms with van der Waals surface area (Å²) in [7, 11) is 5.50. The predicted molar refractivity (Wildman–Crippen MR) is 97.8 cm³/mol. The molecule has 2 atom stereocenters. The van der Waals surface area contributed by atoms with E-state index in [-0.39, 0.29) is 12.0 Å². The lowest BCUT2D eigenvalue weighted by atomic mass is 9.85. The van der Waals surface area contributed by atoms with Crippen LogP contribution < -0.4 is 4.74 Å². The van der Waals surface area contributed by atoms with Crippen LogP contribution in [0, 0.1) is 5.92 Å². The highest BCUT2D eigenvalue weighted by Gasteiger charge is 2.31. The van der Waals surface area contributed by atoms with Gasteiger partial charge >= 0.3 is 5.97 Å². The summed E-state index contributed by atoms with van der Waals surface area (Å²) in [4.78, 5) is 14.3. The summed E-state index contributed by atoms with van der Waals surface area (Å²) in [6, 6.07) is 8.50. The molecule has 0 amide bonds. The fraction of sp³-hybridized carbons (Fsp3) is 0.650. The number of esters is 1. The van der Waals surface area contributed by atoms with E-state index in [0.29, 0.717) is 25.6 Å². The van der Waals surface area contributed by atoms with Gasteiger partial charge < -0.3 is 14.2 Å². The molecular formula is C20H31NO4. The minimum atomic E-state index is -0.0992. The molecule has 0 spiro atoms. The number of methoxy groups -OCH3 is 2. The Labute approximate surface area is 151 Å². The average molecular weight is 349 g/mol. The molecule has 0 N–H and O–H groups in total. The second kappa shape index (κ2) is 10.4. The molecule has 0 bridgehead atoms. The molecule has 1 aliphatic heterocycles. The van der Waals surface area contributed by atoms with E-state index in [0.717, 1.165) is 38.0 Å². The number of likely N-dealkylation sites (tertiary alicyclic amines) is 1. The molecular weight excluding hydrogens is 318 g/mol. The van der Waals surface area contributed by atoms with Crippen LogP contribution in [0.3, 0.4) is 0 Å². The van der Waals surface area contributed by atoms with Gasteiger partial charge in [-0.05, 0) is 57.0 Å². The molecule has 0 unspecified atom stereocenters. The molecule has 0 saturated carbocycles. The van der Waals surface area contributed by atoms with Gasteiger partial charge in [-0.3, -0.25) is 9.69 Å². The summed E-state index contributed by atoms with van der Waals surface area (Å²) in [6.07, 6.45) is 4.40. The second-order valence-corrected chi connectivity index (χ2v) is 6.73. The number of piperidine rings is 1. The summed E-state index contributed by atoms with van der Waals surface area (Å²) in [6.45, 7) is 2.25. The van der Waals surface area contributed by atoms with Crippen LogP contribution in [0.1, 0.15) is 43.7 Å². The first-order valence-corrected chi connectivity index (χ1v) is 9.14. The highest BCUT2D eigenvalue weighted by Crippen LogP contribution is 2.35. The van der Waals surface area contributed by atoms with Gasteiger partial charge in [-0.1, -0.05) is 12.1 Å². The first kappa shape index (κ1) is 19.7. The van der Waals surface area contributed by atoms with Gasteiger partial charge in [0, 0.05) is 32.1 Å². The maximum atomic E-state index is 12.0. The molecule has 1 aromatic rings. The van der Waals surface area contributed by atoms with Crippen molar-refractivity contribution < 1.29 is 19.0 Å². The van der Waals surface area contributed by atoms with E-state index in [1.807, 2.05) is 12.1 Å². The van der Waals surface area contributed by atoms with Crippen molar-refractivity contribution in [3.63, 3.8) is 0 Å². The van der Waals surface area contributed by atoms with Crippen LogP contribution >= 0.6 is 0 Å².